The number of thiazole rings is 1. The van der Waals surface area contributed by atoms with E-state index >= 15 is 0 Å². The molecule has 2 aromatic rings. The Kier molecular flexibility index (Phi) is 2.98. The monoisotopic (exact) mass is 278 g/mol. The number of amides is 1. The van der Waals surface area contributed by atoms with Crippen molar-refractivity contribution >= 4 is 17.7 Å². The van der Waals surface area contributed by atoms with Crippen LogP contribution in [0.15, 0.2) is 12.4 Å². The van der Waals surface area contributed by atoms with E-state index in [1.165, 1.54) is 11.3 Å². The van der Waals surface area contributed by atoms with Gasteiger partial charge in [0.2, 0.25) is 6.41 Å². The number of hydrogen-bond donors (Lipinski definition) is 0. The van der Waals surface area contributed by atoms with Crippen LogP contribution >= 0.6 is 11.3 Å². The first-order chi connectivity index (χ1) is 9.17. The Bertz CT molecular complexity index is 581. The van der Waals surface area contributed by atoms with Crippen molar-refractivity contribution in [1.82, 2.24) is 19.7 Å². The summed E-state index contributed by atoms with van der Waals surface area (Å²) in [5.74, 6) is 0. The van der Waals surface area contributed by atoms with Gasteiger partial charge < -0.3 is 9.64 Å². The number of carbonyl (C=O) groups is 1. The quantitative estimate of drug-likeness (QED) is 0.785. The summed E-state index contributed by atoms with van der Waals surface area (Å²) in [7, 11) is 1.91. The lowest BCUT2D eigenvalue weighted by Gasteiger charge is -2.35. The first-order valence-corrected chi connectivity index (χ1v) is 6.80. The van der Waals surface area contributed by atoms with Crippen LogP contribution < -0.4 is 4.74 Å². The van der Waals surface area contributed by atoms with Crippen LogP contribution in [-0.2, 0) is 11.8 Å². The van der Waals surface area contributed by atoms with E-state index in [0.717, 1.165) is 22.5 Å². The van der Waals surface area contributed by atoms with E-state index in [1.54, 1.807) is 11.1 Å². The second-order valence-corrected chi connectivity index (χ2v) is 5.58. The van der Waals surface area contributed by atoms with Gasteiger partial charge in [0.1, 0.15) is 6.10 Å². The highest BCUT2D eigenvalue weighted by atomic mass is 32.1. The summed E-state index contributed by atoms with van der Waals surface area (Å²) in [5.41, 5.74) is 2.18. The number of aryl methyl sites for hydroxylation is 2. The van der Waals surface area contributed by atoms with Gasteiger partial charge in [-0.25, -0.2) is 4.98 Å². The van der Waals surface area contributed by atoms with Crippen LogP contribution in [-0.4, -0.2) is 45.3 Å². The molecule has 100 valence electrons. The Labute approximate surface area is 114 Å². The zero-order valence-corrected chi connectivity index (χ0v) is 11.6. The molecule has 0 aromatic carbocycles. The number of nitrogens with zero attached hydrogens (tertiary/aromatic N) is 4. The summed E-state index contributed by atoms with van der Waals surface area (Å²) in [6.45, 7) is 3.31. The highest BCUT2D eigenvalue weighted by Crippen LogP contribution is 2.32. The predicted octanol–water partition coefficient (Wildman–Crippen LogP) is 1.07. The van der Waals surface area contributed by atoms with Gasteiger partial charge in [-0.2, -0.15) is 5.10 Å². The summed E-state index contributed by atoms with van der Waals surface area (Å²) < 4.78 is 7.56. The van der Waals surface area contributed by atoms with Gasteiger partial charge in [-0.1, -0.05) is 11.3 Å². The Balaban J connectivity index is 1.72. The third-order valence-corrected chi connectivity index (χ3v) is 4.03. The number of hydrogen-bond acceptors (Lipinski definition) is 5. The molecule has 1 fully saturated rings. The third-order valence-electron chi connectivity index (χ3n) is 3.13. The first-order valence-electron chi connectivity index (χ1n) is 5.98. The van der Waals surface area contributed by atoms with E-state index in [0.29, 0.717) is 18.3 Å². The Morgan fingerprint density at radius 1 is 1.47 bits per heavy atom. The maximum Gasteiger partial charge on any atom is 0.274 e. The highest BCUT2D eigenvalue weighted by Gasteiger charge is 2.28. The second kappa shape index (κ2) is 4.65. The topological polar surface area (TPSA) is 60.2 Å². The maximum atomic E-state index is 10.5. The molecule has 2 aromatic heterocycles. The number of aromatic nitrogens is 3. The van der Waals surface area contributed by atoms with E-state index in [1.807, 2.05) is 24.9 Å². The van der Waals surface area contributed by atoms with Crippen molar-refractivity contribution in [3.05, 3.63) is 18.0 Å². The van der Waals surface area contributed by atoms with Gasteiger partial charge in [-0.05, 0) is 12.5 Å². The summed E-state index contributed by atoms with van der Waals surface area (Å²) in [4.78, 5) is 17.5. The van der Waals surface area contributed by atoms with Crippen molar-refractivity contribution in [1.29, 1.82) is 0 Å². The van der Waals surface area contributed by atoms with E-state index in [-0.39, 0.29) is 6.10 Å². The van der Waals surface area contributed by atoms with Crippen molar-refractivity contribution in [2.45, 2.75) is 13.0 Å². The average molecular weight is 278 g/mol. The van der Waals surface area contributed by atoms with Crippen LogP contribution in [0.2, 0.25) is 0 Å². The number of likely N-dealkylation sites (tertiary alicyclic amines) is 1. The van der Waals surface area contributed by atoms with Crippen LogP contribution in [0.5, 0.6) is 5.19 Å². The molecule has 1 saturated heterocycles. The Morgan fingerprint density at radius 2 is 2.26 bits per heavy atom. The van der Waals surface area contributed by atoms with E-state index in [9.17, 15) is 4.79 Å². The van der Waals surface area contributed by atoms with Crippen LogP contribution in [0, 0.1) is 6.92 Å². The molecule has 1 amide bonds. The SMILES string of the molecule is Cc1cnn(C)c1-c1cnc(OC2CN(C=O)C2)s1. The lowest BCUT2D eigenvalue weighted by Crippen LogP contribution is -2.52. The number of carbonyl (C=O) groups excluding carboxylic acids is 1. The van der Waals surface area contributed by atoms with Crippen molar-refractivity contribution in [2.24, 2.45) is 7.05 Å². The standard InChI is InChI=1S/C12H14N4O2S/c1-8-3-14-15(2)11(8)10-4-13-12(19-10)18-9-5-16(6-9)7-17/h3-4,7,9H,5-6H2,1-2H3. The predicted molar refractivity (Wildman–Crippen MR) is 71.1 cm³/mol. The molecule has 0 unspecified atom stereocenters. The smallest absolute Gasteiger partial charge is 0.274 e. The van der Waals surface area contributed by atoms with Crippen molar-refractivity contribution in [3.8, 4) is 15.8 Å². The molecule has 0 aliphatic carbocycles. The number of ether oxygens (including phenoxy) is 1. The minimum Gasteiger partial charge on any atom is -0.463 e. The molecule has 0 bridgehead atoms. The first kappa shape index (κ1) is 12.2. The Hall–Kier alpha value is -1.89. The largest absolute Gasteiger partial charge is 0.463 e. The fourth-order valence-corrected chi connectivity index (χ4v) is 3.07. The second-order valence-electron chi connectivity index (χ2n) is 4.59. The van der Waals surface area contributed by atoms with Crippen LogP contribution in [0.4, 0.5) is 0 Å². The normalized spacial score (nSPS) is 15.4. The van der Waals surface area contributed by atoms with Gasteiger partial charge in [-0.15, -0.1) is 0 Å². The van der Waals surface area contributed by atoms with Gasteiger partial charge in [0.05, 0.1) is 36.1 Å². The van der Waals surface area contributed by atoms with Gasteiger partial charge in [-0.3, -0.25) is 9.48 Å². The van der Waals surface area contributed by atoms with E-state index < -0.39 is 0 Å². The van der Waals surface area contributed by atoms with Crippen LogP contribution in [0.25, 0.3) is 10.6 Å². The molecule has 0 N–H and O–H groups in total. The Morgan fingerprint density at radius 3 is 2.89 bits per heavy atom. The van der Waals surface area contributed by atoms with E-state index in [4.69, 9.17) is 4.74 Å². The van der Waals surface area contributed by atoms with Gasteiger partial charge in [0, 0.05) is 7.05 Å². The van der Waals surface area contributed by atoms with Gasteiger partial charge in [0.15, 0.2) is 0 Å². The molecule has 1 aliphatic rings. The summed E-state index contributed by atoms with van der Waals surface area (Å²) in [6, 6.07) is 0. The van der Waals surface area contributed by atoms with Crippen LogP contribution in [0.3, 0.4) is 0 Å². The molecule has 3 heterocycles. The third kappa shape index (κ3) is 2.21. The highest BCUT2D eigenvalue weighted by molar-refractivity contribution is 7.16. The fraction of sp³-hybridized carbons (Fsp3) is 0.417. The van der Waals surface area contributed by atoms with Gasteiger partial charge in [0.25, 0.3) is 5.19 Å². The number of rotatable bonds is 4. The molecule has 0 atom stereocenters. The molecule has 6 nitrogen and oxygen atoms in total. The lowest BCUT2D eigenvalue weighted by atomic mass is 10.2. The molecule has 0 spiro atoms. The molecular formula is C12H14N4O2S. The zero-order valence-electron chi connectivity index (χ0n) is 10.7. The van der Waals surface area contributed by atoms with Crippen molar-refractivity contribution < 1.29 is 9.53 Å². The lowest BCUT2D eigenvalue weighted by molar-refractivity contribution is -0.126. The molecular weight excluding hydrogens is 264 g/mol. The van der Waals surface area contributed by atoms with Crippen molar-refractivity contribution in [3.63, 3.8) is 0 Å². The van der Waals surface area contributed by atoms with Crippen LogP contribution in [0.1, 0.15) is 5.56 Å². The molecule has 0 saturated carbocycles. The maximum absolute atomic E-state index is 10.5. The summed E-state index contributed by atoms with van der Waals surface area (Å²) in [5, 5.41) is 4.86. The minimum absolute atomic E-state index is 0.0665. The molecule has 7 heteroatoms. The summed E-state index contributed by atoms with van der Waals surface area (Å²) in [6.07, 6.45) is 4.55. The molecule has 3 rings (SSSR count). The zero-order chi connectivity index (χ0) is 13.4. The summed E-state index contributed by atoms with van der Waals surface area (Å²) >= 11 is 1.50. The minimum atomic E-state index is 0.0665. The molecule has 0 radical (unpaired) electrons. The average Bonchev–Trinajstić information content (AvgIpc) is 2.90. The molecule has 1 aliphatic heterocycles. The van der Waals surface area contributed by atoms with Crippen molar-refractivity contribution in [2.75, 3.05) is 13.1 Å². The molecule has 19 heavy (non-hydrogen) atoms. The van der Waals surface area contributed by atoms with E-state index in [2.05, 4.69) is 10.1 Å². The fourth-order valence-electron chi connectivity index (χ4n) is 2.10. The van der Waals surface area contributed by atoms with Gasteiger partial charge >= 0.3 is 0 Å².